The van der Waals surface area contributed by atoms with Crippen LogP contribution in [0.3, 0.4) is 0 Å². The van der Waals surface area contributed by atoms with Crippen molar-refractivity contribution in [3.8, 4) is 5.75 Å². The summed E-state index contributed by atoms with van der Waals surface area (Å²) in [6.45, 7) is 8.31. The van der Waals surface area contributed by atoms with Crippen LogP contribution in [0.5, 0.6) is 5.75 Å². The summed E-state index contributed by atoms with van der Waals surface area (Å²) < 4.78 is 42.2. The van der Waals surface area contributed by atoms with Crippen LogP contribution < -0.4 is 15.8 Å². The SMILES string of the molecule is CC(C)c1cccc(C(C)C)c1OC(=O)OCCNC(=O)CN.O=C(O)C(F)(F)F. The van der Waals surface area contributed by atoms with E-state index in [1.165, 1.54) is 0 Å². The van der Waals surface area contributed by atoms with Gasteiger partial charge in [0.15, 0.2) is 0 Å². The van der Waals surface area contributed by atoms with E-state index in [-0.39, 0.29) is 37.4 Å². The minimum absolute atomic E-state index is 0.0332. The second-order valence-corrected chi connectivity index (χ2v) is 6.63. The molecule has 0 aliphatic heterocycles. The Morgan fingerprint density at radius 3 is 1.93 bits per heavy atom. The first-order valence-electron chi connectivity index (χ1n) is 9.05. The summed E-state index contributed by atoms with van der Waals surface area (Å²) in [6.07, 6.45) is -5.86. The number of carboxylic acids is 1. The quantitative estimate of drug-likeness (QED) is 0.340. The minimum Gasteiger partial charge on any atom is -0.475 e. The fourth-order valence-corrected chi connectivity index (χ4v) is 2.11. The van der Waals surface area contributed by atoms with Crippen LogP contribution in [0, 0.1) is 0 Å². The van der Waals surface area contributed by atoms with E-state index in [0.29, 0.717) is 5.75 Å². The summed E-state index contributed by atoms with van der Waals surface area (Å²) in [5, 5.41) is 9.64. The predicted molar refractivity (Wildman–Crippen MR) is 102 cm³/mol. The summed E-state index contributed by atoms with van der Waals surface area (Å²) in [5.74, 6) is -2.05. The molecule has 11 heteroatoms. The van der Waals surface area contributed by atoms with Gasteiger partial charge in [-0.15, -0.1) is 0 Å². The van der Waals surface area contributed by atoms with Gasteiger partial charge in [0, 0.05) is 0 Å². The Morgan fingerprint density at radius 2 is 1.57 bits per heavy atom. The Bertz CT molecular complexity index is 694. The van der Waals surface area contributed by atoms with Crippen molar-refractivity contribution >= 4 is 18.0 Å². The minimum atomic E-state index is -5.08. The fourth-order valence-electron chi connectivity index (χ4n) is 2.11. The highest BCUT2D eigenvalue weighted by Crippen LogP contribution is 2.34. The smallest absolute Gasteiger partial charge is 0.475 e. The molecule has 1 aromatic carbocycles. The van der Waals surface area contributed by atoms with E-state index in [4.69, 9.17) is 25.1 Å². The van der Waals surface area contributed by atoms with Crippen LogP contribution in [0.15, 0.2) is 18.2 Å². The molecule has 30 heavy (non-hydrogen) atoms. The van der Waals surface area contributed by atoms with Gasteiger partial charge in [-0.25, -0.2) is 9.59 Å². The lowest BCUT2D eigenvalue weighted by Gasteiger charge is -2.18. The highest BCUT2D eigenvalue weighted by molar-refractivity contribution is 5.77. The van der Waals surface area contributed by atoms with Gasteiger partial charge in [-0.3, -0.25) is 4.79 Å². The van der Waals surface area contributed by atoms with Crippen LogP contribution in [0.1, 0.15) is 50.7 Å². The van der Waals surface area contributed by atoms with E-state index in [1.807, 2.05) is 45.9 Å². The molecule has 0 heterocycles. The van der Waals surface area contributed by atoms with Gasteiger partial charge >= 0.3 is 18.3 Å². The van der Waals surface area contributed by atoms with Crippen molar-refractivity contribution < 1.29 is 42.1 Å². The van der Waals surface area contributed by atoms with Crippen LogP contribution in [0.2, 0.25) is 0 Å². The standard InChI is InChI=1S/C17H26N2O4.C2HF3O2/c1-11(2)13-6-5-7-14(12(3)4)16(13)23-17(21)22-9-8-19-15(20)10-18;3-2(4,5)1(6)7/h5-7,11-12H,8-10,18H2,1-4H3,(H,19,20);(H,6,7). The molecule has 1 amide bonds. The number of halogens is 3. The van der Waals surface area contributed by atoms with Crippen LogP contribution >= 0.6 is 0 Å². The molecule has 0 aliphatic rings. The first-order chi connectivity index (χ1) is 13.8. The molecule has 0 fully saturated rings. The molecule has 0 aliphatic carbocycles. The number of alkyl halides is 3. The third-order valence-electron chi connectivity index (χ3n) is 3.58. The molecule has 4 N–H and O–H groups in total. The molecular formula is C19H27F3N2O6. The van der Waals surface area contributed by atoms with Crippen molar-refractivity contribution in [2.45, 2.75) is 45.7 Å². The zero-order valence-electron chi connectivity index (χ0n) is 17.2. The Morgan fingerprint density at radius 1 is 1.10 bits per heavy atom. The number of nitrogens with two attached hydrogens (primary N) is 1. The number of carbonyl (C=O) groups is 3. The molecule has 1 aromatic rings. The number of amides is 1. The van der Waals surface area contributed by atoms with Gasteiger partial charge in [0.05, 0.1) is 13.1 Å². The molecule has 8 nitrogen and oxygen atoms in total. The molecular weight excluding hydrogens is 409 g/mol. The number of para-hydroxylation sites is 1. The van der Waals surface area contributed by atoms with Crippen LogP contribution in [-0.2, 0) is 14.3 Å². The third-order valence-corrected chi connectivity index (χ3v) is 3.58. The normalized spacial score (nSPS) is 10.9. The van der Waals surface area contributed by atoms with Gasteiger partial charge in [0.2, 0.25) is 5.91 Å². The lowest BCUT2D eigenvalue weighted by Crippen LogP contribution is -2.33. The maximum atomic E-state index is 11.9. The molecule has 170 valence electrons. The topological polar surface area (TPSA) is 128 Å². The summed E-state index contributed by atoms with van der Waals surface area (Å²) in [7, 11) is 0. The highest BCUT2D eigenvalue weighted by atomic mass is 19.4. The molecule has 0 aromatic heterocycles. The summed E-state index contributed by atoms with van der Waals surface area (Å²) in [5.41, 5.74) is 7.09. The second kappa shape index (κ2) is 12.7. The van der Waals surface area contributed by atoms with Crippen LogP contribution in [-0.4, -0.2) is 49.0 Å². The molecule has 0 radical (unpaired) electrons. The predicted octanol–water partition coefficient (Wildman–Crippen LogP) is 3.16. The lowest BCUT2D eigenvalue weighted by atomic mass is 9.94. The molecule has 0 unspecified atom stereocenters. The van der Waals surface area contributed by atoms with E-state index in [9.17, 15) is 22.8 Å². The van der Waals surface area contributed by atoms with Gasteiger partial charge in [-0.05, 0) is 23.0 Å². The molecule has 0 saturated carbocycles. The van der Waals surface area contributed by atoms with Crippen molar-refractivity contribution in [2.75, 3.05) is 19.7 Å². The van der Waals surface area contributed by atoms with E-state index in [1.54, 1.807) is 0 Å². The van der Waals surface area contributed by atoms with Crippen molar-refractivity contribution in [1.82, 2.24) is 5.32 Å². The number of ether oxygens (including phenoxy) is 2. The number of carboxylic acid groups (broad SMARTS) is 1. The average molecular weight is 436 g/mol. The van der Waals surface area contributed by atoms with Gasteiger partial charge in [0.25, 0.3) is 0 Å². The van der Waals surface area contributed by atoms with Gasteiger partial charge in [-0.2, -0.15) is 13.2 Å². The van der Waals surface area contributed by atoms with E-state index < -0.39 is 18.3 Å². The van der Waals surface area contributed by atoms with Crippen molar-refractivity contribution in [1.29, 1.82) is 0 Å². The van der Waals surface area contributed by atoms with E-state index in [2.05, 4.69) is 5.32 Å². The number of nitrogens with one attached hydrogen (secondary N) is 1. The molecule has 0 atom stereocenters. The largest absolute Gasteiger partial charge is 0.513 e. The summed E-state index contributed by atoms with van der Waals surface area (Å²) in [6, 6.07) is 5.85. The van der Waals surface area contributed by atoms with Crippen molar-refractivity contribution in [2.24, 2.45) is 5.73 Å². The summed E-state index contributed by atoms with van der Waals surface area (Å²) >= 11 is 0. The van der Waals surface area contributed by atoms with Gasteiger partial charge < -0.3 is 25.6 Å². The zero-order valence-corrected chi connectivity index (χ0v) is 17.2. The maximum Gasteiger partial charge on any atom is 0.513 e. The number of benzene rings is 1. The van der Waals surface area contributed by atoms with E-state index in [0.717, 1.165) is 11.1 Å². The van der Waals surface area contributed by atoms with Gasteiger partial charge in [-0.1, -0.05) is 45.9 Å². The lowest BCUT2D eigenvalue weighted by molar-refractivity contribution is -0.192. The fraction of sp³-hybridized carbons (Fsp3) is 0.526. The molecule has 1 rings (SSSR count). The Hall–Kier alpha value is -2.82. The number of carbonyl (C=O) groups excluding carboxylic acids is 2. The average Bonchev–Trinajstić information content (AvgIpc) is 2.64. The number of aliphatic carboxylic acids is 1. The highest BCUT2D eigenvalue weighted by Gasteiger charge is 2.38. The van der Waals surface area contributed by atoms with Crippen LogP contribution in [0.25, 0.3) is 0 Å². The Kier molecular flexibility index (Phi) is 11.5. The first kappa shape index (κ1) is 27.2. The molecule has 0 saturated heterocycles. The molecule has 0 spiro atoms. The number of hydrogen-bond acceptors (Lipinski definition) is 6. The second-order valence-electron chi connectivity index (χ2n) is 6.63. The maximum absolute atomic E-state index is 11.9. The van der Waals surface area contributed by atoms with E-state index >= 15 is 0 Å². The Labute approximate surface area is 172 Å². The summed E-state index contributed by atoms with van der Waals surface area (Å²) in [4.78, 5) is 31.8. The van der Waals surface area contributed by atoms with Crippen molar-refractivity contribution in [3.05, 3.63) is 29.3 Å². The Balaban J connectivity index is 0.00000103. The molecule has 0 bridgehead atoms. The number of rotatable bonds is 7. The van der Waals surface area contributed by atoms with Gasteiger partial charge in [0.1, 0.15) is 12.4 Å². The third kappa shape index (κ3) is 10.1. The number of hydrogen-bond donors (Lipinski definition) is 3. The van der Waals surface area contributed by atoms with Crippen molar-refractivity contribution in [3.63, 3.8) is 0 Å². The monoisotopic (exact) mass is 436 g/mol. The zero-order chi connectivity index (χ0) is 23.5. The first-order valence-corrected chi connectivity index (χ1v) is 9.05. The van der Waals surface area contributed by atoms with Crippen LogP contribution in [0.4, 0.5) is 18.0 Å².